The molecule has 0 radical (unpaired) electrons. The number of hydrogen-bond acceptors (Lipinski definition) is 5. The number of ether oxygens (including phenoxy) is 1. The predicted octanol–water partition coefficient (Wildman–Crippen LogP) is 1.19. The first kappa shape index (κ1) is 15.9. The van der Waals surface area contributed by atoms with Gasteiger partial charge in [0.25, 0.3) is 0 Å². The van der Waals surface area contributed by atoms with Crippen LogP contribution in [0.25, 0.3) is 0 Å². The molecule has 1 fully saturated rings. The normalized spacial score (nSPS) is 22.7. The van der Waals surface area contributed by atoms with E-state index >= 15 is 0 Å². The molecule has 0 aliphatic carbocycles. The quantitative estimate of drug-likeness (QED) is 0.737. The van der Waals surface area contributed by atoms with Crippen LogP contribution in [0.5, 0.6) is 0 Å². The second-order valence-electron chi connectivity index (χ2n) is 5.81. The van der Waals surface area contributed by atoms with Gasteiger partial charge in [-0.15, -0.1) is 0 Å². The number of rotatable bonds is 6. The fourth-order valence-electron chi connectivity index (χ4n) is 2.96. The molecular formula is C16H25N3O2. The van der Waals surface area contributed by atoms with Crippen molar-refractivity contribution in [3.63, 3.8) is 0 Å². The minimum atomic E-state index is -0.122. The number of likely N-dealkylation sites (N-methyl/N-ethyl adjacent to an activating group) is 2. The van der Waals surface area contributed by atoms with Gasteiger partial charge < -0.3 is 9.64 Å². The maximum absolute atomic E-state index is 11.7. The summed E-state index contributed by atoms with van der Waals surface area (Å²) in [6.45, 7) is 1.95. The van der Waals surface area contributed by atoms with Gasteiger partial charge in [0, 0.05) is 25.0 Å². The summed E-state index contributed by atoms with van der Waals surface area (Å²) in [6, 6.07) is 4.42. The van der Waals surface area contributed by atoms with Gasteiger partial charge in [0.2, 0.25) is 0 Å². The van der Waals surface area contributed by atoms with Gasteiger partial charge in [0.15, 0.2) is 0 Å². The molecule has 0 saturated carbocycles. The molecule has 1 aliphatic heterocycles. The Bertz CT molecular complexity index is 452. The van der Waals surface area contributed by atoms with Crippen molar-refractivity contribution in [1.82, 2.24) is 14.8 Å². The largest absolute Gasteiger partial charge is 0.468 e. The summed E-state index contributed by atoms with van der Waals surface area (Å²) in [5.74, 6) is -0.122. The Morgan fingerprint density at radius 1 is 1.57 bits per heavy atom. The summed E-state index contributed by atoms with van der Waals surface area (Å²) in [7, 11) is 5.59. The van der Waals surface area contributed by atoms with E-state index in [1.165, 1.54) is 12.7 Å². The van der Waals surface area contributed by atoms with Crippen LogP contribution < -0.4 is 0 Å². The number of hydrogen-bond donors (Lipinski definition) is 0. The topological polar surface area (TPSA) is 45.7 Å². The molecule has 0 spiro atoms. The molecule has 0 bridgehead atoms. The van der Waals surface area contributed by atoms with Gasteiger partial charge in [-0.1, -0.05) is 6.07 Å². The summed E-state index contributed by atoms with van der Waals surface area (Å²) in [5, 5.41) is 0. The lowest BCUT2D eigenvalue weighted by Gasteiger charge is -2.23. The van der Waals surface area contributed by atoms with Gasteiger partial charge in [0.05, 0.1) is 7.11 Å². The molecule has 2 unspecified atom stereocenters. The standard InChI is InChI=1S/C16H25N3O2/c1-18(9-5-7-13-6-4-8-17-11-13)14-10-15(16(20)21-3)19(2)12-14/h4,6,8,11,14-15H,5,7,9-10,12H2,1-3H3. The van der Waals surface area contributed by atoms with E-state index in [-0.39, 0.29) is 12.0 Å². The first-order chi connectivity index (χ1) is 10.1. The Morgan fingerprint density at radius 3 is 3.05 bits per heavy atom. The third-order valence-electron chi connectivity index (χ3n) is 4.32. The summed E-state index contributed by atoms with van der Waals surface area (Å²) in [6.07, 6.45) is 6.73. The minimum Gasteiger partial charge on any atom is -0.468 e. The van der Waals surface area contributed by atoms with Crippen LogP contribution in [0.2, 0.25) is 0 Å². The number of aryl methyl sites for hydroxylation is 1. The highest BCUT2D eigenvalue weighted by molar-refractivity contribution is 5.76. The highest BCUT2D eigenvalue weighted by atomic mass is 16.5. The van der Waals surface area contributed by atoms with E-state index < -0.39 is 0 Å². The zero-order valence-electron chi connectivity index (χ0n) is 13.2. The van der Waals surface area contributed by atoms with Crippen molar-refractivity contribution in [1.29, 1.82) is 0 Å². The average molecular weight is 291 g/mol. The number of likely N-dealkylation sites (tertiary alicyclic amines) is 1. The third-order valence-corrected chi connectivity index (χ3v) is 4.32. The molecule has 0 amide bonds. The van der Waals surface area contributed by atoms with Crippen molar-refractivity contribution >= 4 is 5.97 Å². The number of nitrogens with zero attached hydrogens (tertiary/aromatic N) is 3. The fourth-order valence-corrected chi connectivity index (χ4v) is 2.96. The van der Waals surface area contributed by atoms with Gasteiger partial charge in [-0.05, 0) is 51.5 Å². The lowest BCUT2D eigenvalue weighted by atomic mass is 10.1. The van der Waals surface area contributed by atoms with E-state index in [0.717, 1.165) is 32.4 Å². The molecule has 2 rings (SSSR count). The second kappa shape index (κ2) is 7.52. The molecule has 2 heterocycles. The molecule has 0 aromatic carbocycles. The van der Waals surface area contributed by atoms with Crippen molar-refractivity contribution in [2.24, 2.45) is 0 Å². The highest BCUT2D eigenvalue weighted by Crippen LogP contribution is 2.21. The first-order valence-corrected chi connectivity index (χ1v) is 7.49. The van der Waals surface area contributed by atoms with Crippen LogP contribution >= 0.6 is 0 Å². The van der Waals surface area contributed by atoms with Crippen LogP contribution in [-0.2, 0) is 16.0 Å². The van der Waals surface area contributed by atoms with Crippen LogP contribution in [0.3, 0.4) is 0 Å². The Hall–Kier alpha value is -1.46. The number of methoxy groups -OCH3 is 1. The van der Waals surface area contributed by atoms with Crippen molar-refractivity contribution in [2.45, 2.75) is 31.3 Å². The molecule has 5 heteroatoms. The molecule has 0 N–H and O–H groups in total. The van der Waals surface area contributed by atoms with E-state index in [1.807, 2.05) is 19.3 Å². The van der Waals surface area contributed by atoms with Crippen molar-refractivity contribution in [3.8, 4) is 0 Å². The maximum Gasteiger partial charge on any atom is 0.323 e. The molecule has 116 valence electrons. The molecule has 1 aromatic heterocycles. The van der Waals surface area contributed by atoms with Crippen LogP contribution in [-0.4, -0.2) is 67.1 Å². The van der Waals surface area contributed by atoms with Gasteiger partial charge in [-0.25, -0.2) is 0 Å². The second-order valence-corrected chi connectivity index (χ2v) is 5.81. The van der Waals surface area contributed by atoms with Gasteiger partial charge >= 0.3 is 5.97 Å². The summed E-state index contributed by atoms with van der Waals surface area (Å²) in [4.78, 5) is 20.3. The highest BCUT2D eigenvalue weighted by Gasteiger charge is 2.36. The molecule has 1 aliphatic rings. The number of carbonyl (C=O) groups is 1. The Labute approximate surface area is 126 Å². The zero-order valence-corrected chi connectivity index (χ0v) is 13.2. The summed E-state index contributed by atoms with van der Waals surface area (Å²) < 4.78 is 4.87. The Kier molecular flexibility index (Phi) is 5.70. The maximum atomic E-state index is 11.7. The summed E-state index contributed by atoms with van der Waals surface area (Å²) in [5.41, 5.74) is 1.28. The number of esters is 1. The lowest BCUT2D eigenvalue weighted by Crippen LogP contribution is -2.34. The van der Waals surface area contributed by atoms with Crippen molar-refractivity contribution in [3.05, 3.63) is 30.1 Å². The van der Waals surface area contributed by atoms with Gasteiger partial charge in [-0.3, -0.25) is 14.7 Å². The fraction of sp³-hybridized carbons (Fsp3) is 0.625. The van der Waals surface area contributed by atoms with Crippen LogP contribution in [0, 0.1) is 0 Å². The zero-order chi connectivity index (χ0) is 15.2. The van der Waals surface area contributed by atoms with E-state index in [2.05, 4.69) is 27.9 Å². The SMILES string of the molecule is COC(=O)C1CC(N(C)CCCc2cccnc2)CN1C. The Balaban J connectivity index is 1.76. The van der Waals surface area contributed by atoms with E-state index in [4.69, 9.17) is 4.74 Å². The van der Waals surface area contributed by atoms with Crippen LogP contribution in [0.15, 0.2) is 24.5 Å². The number of carbonyl (C=O) groups excluding carboxylic acids is 1. The molecule has 2 atom stereocenters. The minimum absolute atomic E-state index is 0.0965. The monoisotopic (exact) mass is 291 g/mol. The predicted molar refractivity (Wildman–Crippen MR) is 82.0 cm³/mol. The van der Waals surface area contributed by atoms with E-state index in [9.17, 15) is 4.79 Å². The lowest BCUT2D eigenvalue weighted by molar-refractivity contribution is -0.145. The number of aromatic nitrogens is 1. The molecule has 1 saturated heterocycles. The van der Waals surface area contributed by atoms with Crippen molar-refractivity contribution < 1.29 is 9.53 Å². The molecule has 1 aromatic rings. The average Bonchev–Trinajstić information content (AvgIpc) is 2.89. The van der Waals surface area contributed by atoms with E-state index in [1.54, 1.807) is 6.20 Å². The first-order valence-electron chi connectivity index (χ1n) is 7.49. The summed E-state index contributed by atoms with van der Waals surface area (Å²) >= 11 is 0. The van der Waals surface area contributed by atoms with E-state index in [0.29, 0.717) is 6.04 Å². The molecule has 5 nitrogen and oxygen atoms in total. The Morgan fingerprint density at radius 2 is 2.38 bits per heavy atom. The van der Waals surface area contributed by atoms with Crippen molar-refractivity contribution in [2.75, 3.05) is 34.3 Å². The third kappa shape index (κ3) is 4.25. The smallest absolute Gasteiger partial charge is 0.323 e. The van der Waals surface area contributed by atoms with Crippen LogP contribution in [0.1, 0.15) is 18.4 Å². The molecule has 21 heavy (non-hydrogen) atoms. The van der Waals surface area contributed by atoms with Gasteiger partial charge in [-0.2, -0.15) is 0 Å². The van der Waals surface area contributed by atoms with Crippen LogP contribution in [0.4, 0.5) is 0 Å². The molecular weight excluding hydrogens is 266 g/mol. The van der Waals surface area contributed by atoms with Gasteiger partial charge in [0.1, 0.15) is 6.04 Å². The number of pyridine rings is 1.